The Balaban J connectivity index is 1.94. The molecule has 0 fully saturated rings. The summed E-state index contributed by atoms with van der Waals surface area (Å²) < 4.78 is 12.5. The molecule has 2 aromatic carbocycles. The van der Waals surface area contributed by atoms with Crippen LogP contribution >= 0.6 is 34.2 Å². The zero-order valence-electron chi connectivity index (χ0n) is 10.8. The van der Waals surface area contributed by atoms with E-state index in [2.05, 4.69) is 34.7 Å². The van der Waals surface area contributed by atoms with Gasteiger partial charge in [-0.2, -0.15) is 0 Å². The van der Waals surface area contributed by atoms with E-state index in [0.29, 0.717) is 13.2 Å². The molecule has 1 unspecified atom stereocenters. The summed E-state index contributed by atoms with van der Waals surface area (Å²) >= 11 is 8.93. The fourth-order valence-corrected chi connectivity index (χ4v) is 3.41. The Bertz CT molecular complexity index is 615. The van der Waals surface area contributed by atoms with Crippen LogP contribution in [0.1, 0.15) is 22.9 Å². The molecule has 0 radical (unpaired) electrons. The summed E-state index contributed by atoms with van der Waals surface area (Å²) in [6, 6.07) is 14.1. The van der Waals surface area contributed by atoms with Gasteiger partial charge in [0, 0.05) is 9.99 Å². The molecule has 1 atom stereocenters. The summed E-state index contributed by atoms with van der Waals surface area (Å²) in [7, 11) is 0. The molecule has 0 N–H and O–H groups in total. The lowest BCUT2D eigenvalue weighted by molar-refractivity contribution is 0.297. The van der Waals surface area contributed by atoms with Gasteiger partial charge in [-0.1, -0.05) is 24.3 Å². The lowest BCUT2D eigenvalue weighted by Gasteiger charge is -2.15. The molecule has 3 rings (SSSR count). The van der Waals surface area contributed by atoms with E-state index in [0.717, 1.165) is 32.6 Å². The molecule has 0 saturated carbocycles. The first-order chi connectivity index (χ1) is 9.75. The second kappa shape index (κ2) is 6.22. The second-order valence-electron chi connectivity index (χ2n) is 4.64. The maximum absolute atomic E-state index is 6.62. The number of ether oxygens (including phenoxy) is 2. The molecule has 20 heavy (non-hydrogen) atoms. The maximum atomic E-state index is 6.62. The topological polar surface area (TPSA) is 18.5 Å². The molecule has 2 nitrogen and oxygen atoms in total. The van der Waals surface area contributed by atoms with Crippen LogP contribution in [-0.4, -0.2) is 13.2 Å². The Morgan fingerprint density at radius 1 is 1.00 bits per heavy atom. The van der Waals surface area contributed by atoms with Crippen molar-refractivity contribution in [3.63, 3.8) is 0 Å². The van der Waals surface area contributed by atoms with Crippen molar-refractivity contribution in [3.8, 4) is 11.5 Å². The van der Waals surface area contributed by atoms with Gasteiger partial charge < -0.3 is 9.47 Å². The number of fused-ring (bicyclic) bond motifs is 1. The molecule has 4 heteroatoms. The third-order valence-corrected chi connectivity index (χ3v) is 4.71. The average Bonchev–Trinajstić information content (AvgIpc) is 2.71. The molecule has 0 aliphatic carbocycles. The lowest BCUT2D eigenvalue weighted by Crippen LogP contribution is -1.98. The van der Waals surface area contributed by atoms with Crippen molar-refractivity contribution >= 4 is 34.2 Å². The molecule has 1 aliphatic heterocycles. The van der Waals surface area contributed by atoms with Gasteiger partial charge >= 0.3 is 0 Å². The summed E-state index contributed by atoms with van der Waals surface area (Å²) in [5.41, 5.74) is 2.14. The van der Waals surface area contributed by atoms with E-state index in [1.807, 2.05) is 30.3 Å². The number of hydrogen-bond acceptors (Lipinski definition) is 2. The van der Waals surface area contributed by atoms with E-state index >= 15 is 0 Å². The molecule has 2 aromatic rings. The van der Waals surface area contributed by atoms with E-state index in [9.17, 15) is 0 Å². The van der Waals surface area contributed by atoms with Crippen LogP contribution in [0.25, 0.3) is 0 Å². The van der Waals surface area contributed by atoms with Crippen molar-refractivity contribution in [2.45, 2.75) is 11.8 Å². The molecule has 1 heterocycles. The fourth-order valence-electron chi connectivity index (χ4n) is 2.20. The SMILES string of the molecule is ClC(c1ccc2c(c1)OCCCO2)c1ccccc1I. The standard InChI is InChI=1S/C16H14ClIO2/c17-16(12-4-1-2-5-13(12)18)11-6-7-14-15(10-11)20-9-3-8-19-14/h1-2,4-7,10,16H,3,8-9H2. The van der Waals surface area contributed by atoms with Crippen molar-refractivity contribution in [3.05, 3.63) is 57.2 Å². The van der Waals surface area contributed by atoms with Gasteiger partial charge in [0.2, 0.25) is 0 Å². The molecule has 0 saturated heterocycles. The highest BCUT2D eigenvalue weighted by Crippen LogP contribution is 2.37. The van der Waals surface area contributed by atoms with E-state index in [1.54, 1.807) is 0 Å². The van der Waals surface area contributed by atoms with E-state index in [-0.39, 0.29) is 5.38 Å². The van der Waals surface area contributed by atoms with Gasteiger partial charge in [-0.05, 0) is 51.9 Å². The Labute approximate surface area is 137 Å². The predicted octanol–water partition coefficient (Wildman–Crippen LogP) is 4.78. The molecular formula is C16H14ClIO2. The van der Waals surface area contributed by atoms with Gasteiger partial charge in [-0.15, -0.1) is 11.6 Å². The van der Waals surface area contributed by atoms with E-state index in [1.165, 1.54) is 0 Å². The summed E-state index contributed by atoms with van der Waals surface area (Å²) in [6.07, 6.45) is 0.908. The predicted molar refractivity (Wildman–Crippen MR) is 88.9 cm³/mol. The van der Waals surface area contributed by atoms with Crippen molar-refractivity contribution in [2.24, 2.45) is 0 Å². The van der Waals surface area contributed by atoms with Crippen molar-refractivity contribution in [1.82, 2.24) is 0 Å². The van der Waals surface area contributed by atoms with Crippen LogP contribution in [0.3, 0.4) is 0 Å². The van der Waals surface area contributed by atoms with Gasteiger partial charge in [0.1, 0.15) is 0 Å². The lowest BCUT2D eigenvalue weighted by atomic mass is 10.0. The minimum Gasteiger partial charge on any atom is -0.490 e. The quantitative estimate of drug-likeness (QED) is 0.533. The number of hydrogen-bond donors (Lipinski definition) is 0. The minimum atomic E-state index is -0.180. The highest BCUT2D eigenvalue weighted by atomic mass is 127. The van der Waals surface area contributed by atoms with Crippen LogP contribution < -0.4 is 9.47 Å². The summed E-state index contributed by atoms with van der Waals surface area (Å²) in [5, 5.41) is -0.180. The summed E-state index contributed by atoms with van der Waals surface area (Å²) in [5.74, 6) is 1.59. The largest absolute Gasteiger partial charge is 0.490 e. The molecule has 0 bridgehead atoms. The van der Waals surface area contributed by atoms with Crippen LogP contribution in [-0.2, 0) is 0 Å². The fraction of sp³-hybridized carbons (Fsp3) is 0.250. The van der Waals surface area contributed by atoms with Gasteiger partial charge in [0.25, 0.3) is 0 Å². The van der Waals surface area contributed by atoms with Crippen LogP contribution in [0, 0.1) is 3.57 Å². The number of rotatable bonds is 2. The van der Waals surface area contributed by atoms with Crippen molar-refractivity contribution < 1.29 is 9.47 Å². The molecular weight excluding hydrogens is 387 g/mol. The number of halogens is 2. The Morgan fingerprint density at radius 3 is 2.55 bits per heavy atom. The van der Waals surface area contributed by atoms with Crippen LogP contribution in [0.5, 0.6) is 11.5 Å². The van der Waals surface area contributed by atoms with Crippen LogP contribution in [0.2, 0.25) is 0 Å². The third kappa shape index (κ3) is 2.88. The van der Waals surface area contributed by atoms with Gasteiger partial charge in [-0.3, -0.25) is 0 Å². The van der Waals surface area contributed by atoms with Crippen LogP contribution in [0.4, 0.5) is 0 Å². The zero-order valence-corrected chi connectivity index (χ0v) is 13.7. The normalized spacial score (nSPS) is 15.5. The zero-order chi connectivity index (χ0) is 13.9. The van der Waals surface area contributed by atoms with Crippen LogP contribution in [0.15, 0.2) is 42.5 Å². The Morgan fingerprint density at radius 2 is 1.75 bits per heavy atom. The second-order valence-corrected chi connectivity index (χ2v) is 6.24. The monoisotopic (exact) mass is 400 g/mol. The number of benzene rings is 2. The molecule has 0 spiro atoms. The first kappa shape index (κ1) is 14.0. The molecule has 0 amide bonds. The van der Waals surface area contributed by atoms with Gasteiger partial charge in [0.15, 0.2) is 11.5 Å². The molecule has 104 valence electrons. The van der Waals surface area contributed by atoms with Crippen molar-refractivity contribution in [1.29, 1.82) is 0 Å². The smallest absolute Gasteiger partial charge is 0.161 e. The minimum absolute atomic E-state index is 0.180. The van der Waals surface area contributed by atoms with Gasteiger partial charge in [0.05, 0.1) is 18.6 Å². The van der Waals surface area contributed by atoms with E-state index in [4.69, 9.17) is 21.1 Å². The van der Waals surface area contributed by atoms with Crippen molar-refractivity contribution in [2.75, 3.05) is 13.2 Å². The van der Waals surface area contributed by atoms with E-state index < -0.39 is 0 Å². The summed E-state index contributed by atoms with van der Waals surface area (Å²) in [4.78, 5) is 0. The maximum Gasteiger partial charge on any atom is 0.161 e. The Hall–Kier alpha value is -0.940. The summed E-state index contributed by atoms with van der Waals surface area (Å²) in [6.45, 7) is 1.39. The highest BCUT2D eigenvalue weighted by molar-refractivity contribution is 14.1. The highest BCUT2D eigenvalue weighted by Gasteiger charge is 2.17. The first-order valence-electron chi connectivity index (χ1n) is 6.54. The Kier molecular flexibility index (Phi) is 4.36. The average molecular weight is 401 g/mol. The van der Waals surface area contributed by atoms with Gasteiger partial charge in [-0.25, -0.2) is 0 Å². The number of alkyl halides is 1. The molecule has 1 aliphatic rings. The first-order valence-corrected chi connectivity index (χ1v) is 8.05. The third-order valence-electron chi connectivity index (χ3n) is 3.24. The molecule has 0 aromatic heterocycles.